The minimum atomic E-state index is -0.262. The van der Waals surface area contributed by atoms with Crippen LogP contribution in [-0.2, 0) is 0 Å². The van der Waals surface area contributed by atoms with Crippen LogP contribution in [0.1, 0.15) is 19.3 Å². The molecule has 1 saturated carbocycles. The lowest BCUT2D eigenvalue weighted by molar-refractivity contribution is 0.225. The van der Waals surface area contributed by atoms with E-state index in [1.54, 1.807) is 6.07 Å². The molecule has 16 heavy (non-hydrogen) atoms. The van der Waals surface area contributed by atoms with Gasteiger partial charge in [-0.1, -0.05) is 0 Å². The zero-order chi connectivity index (χ0) is 11.6. The maximum Gasteiger partial charge on any atom is 0.133 e. The highest BCUT2D eigenvalue weighted by Gasteiger charge is 2.42. The van der Waals surface area contributed by atoms with Gasteiger partial charge < -0.3 is 10.5 Å². The van der Waals surface area contributed by atoms with E-state index >= 15 is 0 Å². The molecule has 1 aliphatic rings. The van der Waals surface area contributed by atoms with Crippen LogP contribution in [0.2, 0.25) is 0 Å². The second kappa shape index (κ2) is 4.72. The Morgan fingerprint density at radius 3 is 2.75 bits per heavy atom. The fourth-order valence-corrected chi connectivity index (χ4v) is 2.24. The maximum atomic E-state index is 12.9. The van der Waals surface area contributed by atoms with Crippen molar-refractivity contribution in [2.24, 2.45) is 11.1 Å². The topological polar surface area (TPSA) is 35.2 Å². The molecule has 2 N–H and O–H groups in total. The SMILES string of the molecule is NCCC1(COc2ccc(F)cc2Br)CC1. The van der Waals surface area contributed by atoms with Gasteiger partial charge in [0.25, 0.3) is 0 Å². The molecule has 0 bridgehead atoms. The normalized spacial score (nSPS) is 17.2. The Balaban J connectivity index is 1.94. The van der Waals surface area contributed by atoms with Crippen molar-refractivity contribution in [1.29, 1.82) is 0 Å². The third-order valence-corrected chi connectivity index (χ3v) is 3.68. The van der Waals surface area contributed by atoms with E-state index < -0.39 is 0 Å². The summed E-state index contributed by atoms with van der Waals surface area (Å²) in [5.74, 6) is 0.437. The predicted molar refractivity (Wildman–Crippen MR) is 64.9 cm³/mol. The van der Waals surface area contributed by atoms with Crippen LogP contribution in [0.15, 0.2) is 22.7 Å². The molecule has 2 rings (SSSR count). The molecule has 1 aromatic rings. The van der Waals surface area contributed by atoms with Crippen molar-refractivity contribution < 1.29 is 9.13 Å². The average Bonchev–Trinajstić information content (AvgIpc) is 2.98. The zero-order valence-electron chi connectivity index (χ0n) is 9.01. The lowest BCUT2D eigenvalue weighted by atomic mass is 10.0. The van der Waals surface area contributed by atoms with Gasteiger partial charge in [-0.25, -0.2) is 4.39 Å². The molecule has 1 aromatic carbocycles. The number of nitrogens with two attached hydrogens (primary N) is 1. The van der Waals surface area contributed by atoms with Gasteiger partial charge in [-0.2, -0.15) is 0 Å². The molecule has 2 nitrogen and oxygen atoms in total. The quantitative estimate of drug-likeness (QED) is 0.903. The summed E-state index contributed by atoms with van der Waals surface area (Å²) in [6.07, 6.45) is 3.37. The van der Waals surface area contributed by atoms with Gasteiger partial charge in [0.05, 0.1) is 11.1 Å². The number of halogens is 2. The number of hydrogen-bond donors (Lipinski definition) is 1. The molecule has 0 saturated heterocycles. The molecular weight excluding hydrogens is 273 g/mol. The van der Waals surface area contributed by atoms with Crippen molar-refractivity contribution in [3.63, 3.8) is 0 Å². The van der Waals surface area contributed by atoms with E-state index in [9.17, 15) is 4.39 Å². The van der Waals surface area contributed by atoms with Crippen LogP contribution >= 0.6 is 15.9 Å². The highest BCUT2D eigenvalue weighted by atomic mass is 79.9. The molecule has 0 aliphatic heterocycles. The standard InChI is InChI=1S/C12H15BrFNO/c13-10-7-9(14)1-2-11(10)16-8-12(3-4-12)5-6-15/h1-2,7H,3-6,8,15H2. The Morgan fingerprint density at radius 2 is 2.19 bits per heavy atom. The molecule has 1 aliphatic carbocycles. The molecule has 0 unspecified atom stereocenters. The maximum absolute atomic E-state index is 12.9. The van der Waals surface area contributed by atoms with E-state index in [0.717, 1.165) is 6.42 Å². The van der Waals surface area contributed by atoms with Crippen LogP contribution in [0.5, 0.6) is 5.75 Å². The van der Waals surface area contributed by atoms with E-state index in [0.29, 0.717) is 23.4 Å². The molecule has 0 amide bonds. The van der Waals surface area contributed by atoms with E-state index in [2.05, 4.69) is 15.9 Å². The summed E-state index contributed by atoms with van der Waals surface area (Å²) in [6.45, 7) is 1.38. The van der Waals surface area contributed by atoms with Gasteiger partial charge in [-0.3, -0.25) is 0 Å². The first-order chi connectivity index (χ1) is 7.65. The van der Waals surface area contributed by atoms with Crippen molar-refractivity contribution in [1.82, 2.24) is 0 Å². The summed E-state index contributed by atoms with van der Waals surface area (Å²) in [6, 6.07) is 4.47. The molecule has 0 atom stereocenters. The first kappa shape index (κ1) is 11.9. The monoisotopic (exact) mass is 287 g/mol. The molecule has 0 radical (unpaired) electrons. The first-order valence-electron chi connectivity index (χ1n) is 5.43. The third-order valence-electron chi connectivity index (χ3n) is 3.06. The average molecular weight is 288 g/mol. The van der Waals surface area contributed by atoms with E-state index in [-0.39, 0.29) is 11.2 Å². The summed E-state index contributed by atoms with van der Waals surface area (Å²) in [5, 5.41) is 0. The fourth-order valence-electron chi connectivity index (χ4n) is 1.77. The molecule has 0 spiro atoms. The Labute approximate surface area is 103 Å². The van der Waals surface area contributed by atoms with Gasteiger partial charge in [-0.05, 0) is 59.9 Å². The van der Waals surface area contributed by atoms with Crippen LogP contribution in [0, 0.1) is 11.2 Å². The smallest absolute Gasteiger partial charge is 0.133 e. The Kier molecular flexibility index (Phi) is 3.50. The summed E-state index contributed by atoms with van der Waals surface area (Å²) < 4.78 is 19.2. The van der Waals surface area contributed by atoms with Crippen LogP contribution in [0.25, 0.3) is 0 Å². The largest absolute Gasteiger partial charge is 0.492 e. The van der Waals surface area contributed by atoms with Crippen LogP contribution in [0.4, 0.5) is 4.39 Å². The Bertz CT molecular complexity index is 379. The van der Waals surface area contributed by atoms with Gasteiger partial charge in [0.1, 0.15) is 11.6 Å². The van der Waals surface area contributed by atoms with E-state index in [1.165, 1.54) is 25.0 Å². The number of benzene rings is 1. The first-order valence-corrected chi connectivity index (χ1v) is 6.22. The van der Waals surface area contributed by atoms with E-state index in [1.807, 2.05) is 0 Å². The van der Waals surface area contributed by atoms with Gasteiger partial charge in [0, 0.05) is 5.41 Å². The van der Waals surface area contributed by atoms with Crippen molar-refractivity contribution in [2.45, 2.75) is 19.3 Å². The zero-order valence-corrected chi connectivity index (χ0v) is 10.6. The molecule has 4 heteroatoms. The summed E-state index contributed by atoms with van der Waals surface area (Å²) in [5.41, 5.74) is 5.84. The second-order valence-corrected chi connectivity index (χ2v) is 5.26. The Hall–Kier alpha value is -0.610. The highest BCUT2D eigenvalue weighted by Crippen LogP contribution is 2.48. The Morgan fingerprint density at radius 1 is 1.44 bits per heavy atom. The predicted octanol–water partition coefficient (Wildman–Crippen LogP) is 3.10. The number of ether oxygens (including phenoxy) is 1. The van der Waals surface area contributed by atoms with Crippen LogP contribution in [-0.4, -0.2) is 13.2 Å². The molecule has 0 heterocycles. The van der Waals surface area contributed by atoms with Gasteiger partial charge in [0.2, 0.25) is 0 Å². The van der Waals surface area contributed by atoms with Crippen molar-refractivity contribution >= 4 is 15.9 Å². The molecule has 0 aromatic heterocycles. The number of hydrogen-bond acceptors (Lipinski definition) is 2. The minimum absolute atomic E-state index is 0.262. The molecule has 88 valence electrons. The summed E-state index contributed by atoms with van der Waals surface area (Å²) in [7, 11) is 0. The summed E-state index contributed by atoms with van der Waals surface area (Å²) >= 11 is 3.28. The number of rotatable bonds is 5. The van der Waals surface area contributed by atoms with Crippen molar-refractivity contribution in [3.05, 3.63) is 28.5 Å². The van der Waals surface area contributed by atoms with Gasteiger partial charge >= 0.3 is 0 Å². The molecular formula is C12H15BrFNO. The molecule has 1 fully saturated rings. The fraction of sp³-hybridized carbons (Fsp3) is 0.500. The highest BCUT2D eigenvalue weighted by molar-refractivity contribution is 9.10. The van der Waals surface area contributed by atoms with Gasteiger partial charge in [0.15, 0.2) is 0 Å². The lowest BCUT2D eigenvalue weighted by Gasteiger charge is -2.15. The second-order valence-electron chi connectivity index (χ2n) is 4.40. The van der Waals surface area contributed by atoms with Crippen LogP contribution < -0.4 is 10.5 Å². The van der Waals surface area contributed by atoms with Crippen molar-refractivity contribution in [3.8, 4) is 5.75 Å². The third kappa shape index (κ3) is 2.74. The van der Waals surface area contributed by atoms with Crippen molar-refractivity contribution in [2.75, 3.05) is 13.2 Å². The summed E-state index contributed by atoms with van der Waals surface area (Å²) in [4.78, 5) is 0. The van der Waals surface area contributed by atoms with Crippen LogP contribution in [0.3, 0.4) is 0 Å². The van der Waals surface area contributed by atoms with E-state index in [4.69, 9.17) is 10.5 Å². The lowest BCUT2D eigenvalue weighted by Crippen LogP contribution is -2.17. The van der Waals surface area contributed by atoms with Gasteiger partial charge in [-0.15, -0.1) is 0 Å². The minimum Gasteiger partial charge on any atom is -0.492 e.